The van der Waals surface area contributed by atoms with Crippen LogP contribution in [0.4, 0.5) is 8.78 Å². The molecule has 6 rings (SSSR count). The molecule has 1 saturated heterocycles. The Balaban J connectivity index is 1.21. The van der Waals surface area contributed by atoms with E-state index in [4.69, 9.17) is 14.7 Å². The Morgan fingerprint density at radius 1 is 1.12 bits per heavy atom. The predicted molar refractivity (Wildman–Crippen MR) is 147 cm³/mol. The molecule has 1 aliphatic rings. The minimum Gasteiger partial charge on any atom is -0.477 e. The van der Waals surface area contributed by atoms with Gasteiger partial charge in [-0.05, 0) is 42.3 Å². The zero-order valence-electron chi connectivity index (χ0n) is 21.5. The van der Waals surface area contributed by atoms with Crippen LogP contribution < -0.4 is 4.74 Å². The molecular formula is C30H22F2N4O4S. The van der Waals surface area contributed by atoms with Crippen LogP contribution in [0.1, 0.15) is 38.6 Å². The van der Waals surface area contributed by atoms with E-state index in [9.17, 15) is 14.3 Å². The van der Waals surface area contributed by atoms with E-state index < -0.39 is 17.6 Å². The lowest BCUT2D eigenvalue weighted by molar-refractivity contribution is -0.0589. The molecule has 0 spiro atoms. The molecule has 4 heterocycles. The smallest absolute Gasteiger partial charge is 0.346 e. The van der Waals surface area contributed by atoms with Crippen LogP contribution in [0.15, 0.2) is 60.7 Å². The fraction of sp³-hybridized carbons (Fsp3) is 0.200. The van der Waals surface area contributed by atoms with Crippen molar-refractivity contribution in [1.29, 1.82) is 5.26 Å². The first-order valence-electron chi connectivity index (χ1n) is 12.8. The Bertz CT molecular complexity index is 1820. The number of thiophene rings is 1. The summed E-state index contributed by atoms with van der Waals surface area (Å²) in [7, 11) is 0. The van der Waals surface area contributed by atoms with Crippen molar-refractivity contribution in [3.63, 3.8) is 0 Å². The lowest BCUT2D eigenvalue weighted by Gasteiger charge is -2.27. The highest BCUT2D eigenvalue weighted by Crippen LogP contribution is 2.30. The Morgan fingerprint density at radius 3 is 2.63 bits per heavy atom. The normalized spacial score (nSPS) is 14.5. The second kappa shape index (κ2) is 11.1. The number of aromatic nitrogens is 3. The van der Waals surface area contributed by atoms with Crippen molar-refractivity contribution in [1.82, 2.24) is 14.5 Å². The van der Waals surface area contributed by atoms with Crippen molar-refractivity contribution < 1.29 is 28.2 Å². The fourth-order valence-electron chi connectivity index (χ4n) is 4.60. The van der Waals surface area contributed by atoms with Crippen molar-refractivity contribution in [2.24, 2.45) is 0 Å². The summed E-state index contributed by atoms with van der Waals surface area (Å²) in [4.78, 5) is 21.3. The number of pyridine rings is 1. The van der Waals surface area contributed by atoms with Gasteiger partial charge in [0, 0.05) is 30.2 Å². The number of nitriles is 1. The molecule has 41 heavy (non-hydrogen) atoms. The number of hydrogen-bond acceptors (Lipinski definition) is 7. The van der Waals surface area contributed by atoms with Gasteiger partial charge in [0.15, 0.2) is 0 Å². The number of carbonyl (C=O) groups is 1. The topological polar surface area (TPSA) is 110 Å². The number of imidazole rings is 1. The largest absolute Gasteiger partial charge is 0.477 e. The third kappa shape index (κ3) is 5.52. The number of hydrogen-bond donors (Lipinski definition) is 1. The van der Waals surface area contributed by atoms with Gasteiger partial charge in [0.05, 0.1) is 35.5 Å². The van der Waals surface area contributed by atoms with Crippen molar-refractivity contribution in [3.05, 3.63) is 99.7 Å². The summed E-state index contributed by atoms with van der Waals surface area (Å²) >= 11 is 1.09. The van der Waals surface area contributed by atoms with Crippen molar-refractivity contribution in [3.8, 4) is 23.2 Å². The number of aromatic carboxylic acids is 1. The second-order valence-electron chi connectivity index (χ2n) is 9.58. The summed E-state index contributed by atoms with van der Waals surface area (Å²) in [5.41, 5.74) is 2.67. The average molecular weight is 573 g/mol. The molecule has 1 unspecified atom stereocenters. The maximum Gasteiger partial charge on any atom is 0.346 e. The van der Waals surface area contributed by atoms with Gasteiger partial charge < -0.3 is 19.1 Å². The number of nitrogens with zero attached hydrogens (tertiary/aromatic N) is 4. The lowest BCUT2D eigenvalue weighted by Crippen LogP contribution is -2.31. The summed E-state index contributed by atoms with van der Waals surface area (Å²) in [6, 6.07) is 17.6. The molecule has 1 atom stereocenters. The molecule has 2 aromatic carbocycles. The average Bonchev–Trinajstić information content (AvgIpc) is 3.49. The van der Waals surface area contributed by atoms with Crippen molar-refractivity contribution >= 4 is 27.7 Å². The van der Waals surface area contributed by atoms with Crippen LogP contribution in [-0.2, 0) is 24.3 Å². The molecular weight excluding hydrogens is 550 g/mol. The van der Waals surface area contributed by atoms with Crippen LogP contribution in [0.3, 0.4) is 0 Å². The molecule has 0 amide bonds. The Morgan fingerprint density at radius 2 is 1.93 bits per heavy atom. The third-order valence-electron chi connectivity index (χ3n) is 6.90. The standard InChI is InChI=1S/C30H22F2N4O4S/c31-22-10-17(14-33)4-5-20(22)16-40-28-3-1-2-24(34-28)19-7-6-18(23(32)11-19)12-27-35-29-25(13-26(41-29)30(37)38)36(27)15-21-8-9-39-21/h1-7,10-11,13,21H,8-9,12,15-16H2,(H,37,38). The number of fused-ring (bicyclic) bond motifs is 1. The van der Waals surface area contributed by atoms with Gasteiger partial charge in [0.2, 0.25) is 5.88 Å². The fourth-order valence-corrected chi connectivity index (χ4v) is 5.49. The third-order valence-corrected chi connectivity index (χ3v) is 7.90. The van der Waals surface area contributed by atoms with Gasteiger partial charge >= 0.3 is 5.97 Å². The van der Waals surface area contributed by atoms with Gasteiger partial charge in [-0.15, -0.1) is 11.3 Å². The molecule has 8 nitrogen and oxygen atoms in total. The first-order valence-corrected chi connectivity index (χ1v) is 13.6. The Hall–Kier alpha value is -4.66. The molecule has 5 aromatic rings. The molecule has 3 aromatic heterocycles. The summed E-state index contributed by atoms with van der Waals surface area (Å²) in [5.74, 6) is -1.10. The Kier molecular flexibility index (Phi) is 7.17. The zero-order valence-corrected chi connectivity index (χ0v) is 22.3. The van der Waals surface area contributed by atoms with Crippen LogP contribution in [0.25, 0.3) is 21.6 Å². The SMILES string of the molecule is N#Cc1ccc(COc2cccc(-c3ccc(Cc4nc5sc(C(=O)O)cc5n4CC4CCO4)c(F)c3)n2)c(F)c1. The molecule has 0 saturated carbocycles. The Labute approximate surface area is 237 Å². The number of carboxylic acids is 1. The monoisotopic (exact) mass is 572 g/mol. The van der Waals surface area contributed by atoms with Crippen LogP contribution in [-0.4, -0.2) is 38.3 Å². The number of halogens is 2. The molecule has 0 aliphatic carbocycles. The maximum absolute atomic E-state index is 15.4. The van der Waals surface area contributed by atoms with E-state index in [0.717, 1.165) is 23.8 Å². The summed E-state index contributed by atoms with van der Waals surface area (Å²) in [6.45, 7) is 1.13. The highest BCUT2D eigenvalue weighted by molar-refractivity contribution is 7.20. The van der Waals surface area contributed by atoms with Crippen LogP contribution in [0.2, 0.25) is 0 Å². The van der Waals surface area contributed by atoms with Crippen molar-refractivity contribution in [2.45, 2.75) is 32.1 Å². The van der Waals surface area contributed by atoms with Gasteiger partial charge in [0.25, 0.3) is 0 Å². The van der Waals surface area contributed by atoms with E-state index in [1.165, 1.54) is 18.2 Å². The van der Waals surface area contributed by atoms with Gasteiger partial charge in [-0.3, -0.25) is 0 Å². The number of rotatable bonds is 9. The predicted octanol–water partition coefficient (Wildman–Crippen LogP) is 5.97. The van der Waals surface area contributed by atoms with Crippen LogP contribution in [0, 0.1) is 23.0 Å². The number of carboxylic acid groups (broad SMARTS) is 1. The quantitative estimate of drug-likeness (QED) is 0.232. The molecule has 0 radical (unpaired) electrons. The second-order valence-corrected chi connectivity index (χ2v) is 10.6. The summed E-state index contributed by atoms with van der Waals surface area (Å²) in [6.07, 6.45) is 1.13. The van der Waals surface area contributed by atoms with Gasteiger partial charge in [-0.2, -0.15) is 5.26 Å². The molecule has 1 fully saturated rings. The van der Waals surface area contributed by atoms with Crippen molar-refractivity contribution in [2.75, 3.05) is 6.61 Å². The van der Waals surface area contributed by atoms with Gasteiger partial charge in [-0.25, -0.2) is 23.5 Å². The van der Waals surface area contributed by atoms with E-state index >= 15 is 4.39 Å². The summed E-state index contributed by atoms with van der Waals surface area (Å²) < 4.78 is 42.7. The van der Waals surface area contributed by atoms with Crippen LogP contribution >= 0.6 is 11.3 Å². The van der Waals surface area contributed by atoms with E-state index in [-0.39, 0.29) is 41.0 Å². The first-order chi connectivity index (χ1) is 19.9. The highest BCUT2D eigenvalue weighted by Gasteiger charge is 2.24. The zero-order chi connectivity index (χ0) is 28.5. The highest BCUT2D eigenvalue weighted by atomic mass is 32.1. The minimum atomic E-state index is -1.01. The maximum atomic E-state index is 15.4. The van der Waals surface area contributed by atoms with Gasteiger partial charge in [0.1, 0.15) is 33.8 Å². The van der Waals surface area contributed by atoms with E-state index in [0.29, 0.717) is 46.1 Å². The number of benzene rings is 2. The minimum absolute atomic E-state index is 0.0144. The van der Waals surface area contributed by atoms with Gasteiger partial charge in [-0.1, -0.05) is 24.3 Å². The van der Waals surface area contributed by atoms with E-state index in [1.54, 1.807) is 36.4 Å². The van der Waals surface area contributed by atoms with E-state index in [1.807, 2.05) is 10.6 Å². The number of ether oxygens (including phenoxy) is 2. The first kappa shape index (κ1) is 26.6. The van der Waals surface area contributed by atoms with Crippen LogP contribution in [0.5, 0.6) is 5.88 Å². The molecule has 11 heteroatoms. The lowest BCUT2D eigenvalue weighted by atomic mass is 10.1. The molecule has 1 N–H and O–H groups in total. The van der Waals surface area contributed by atoms with E-state index in [2.05, 4.69) is 9.97 Å². The summed E-state index contributed by atoms with van der Waals surface area (Å²) in [5, 5.41) is 18.3. The molecule has 0 bridgehead atoms. The molecule has 1 aliphatic heterocycles. The molecule has 206 valence electrons.